The molecule has 0 aliphatic carbocycles. The Morgan fingerprint density at radius 1 is 1.13 bits per heavy atom. The maximum atomic E-state index is 13.9. The van der Waals surface area contributed by atoms with Crippen molar-refractivity contribution in [2.24, 2.45) is 0 Å². The average molecular weight is 318 g/mol. The highest BCUT2D eigenvalue weighted by molar-refractivity contribution is 6.00. The van der Waals surface area contributed by atoms with Crippen LogP contribution in [-0.4, -0.2) is 19.5 Å². The molecule has 0 aliphatic heterocycles. The van der Waals surface area contributed by atoms with Gasteiger partial charge in [0.1, 0.15) is 11.5 Å². The van der Waals surface area contributed by atoms with Crippen LogP contribution in [0.2, 0.25) is 0 Å². The smallest absolute Gasteiger partial charge is 0.326 e. The monoisotopic (exact) mass is 318 g/mol. The summed E-state index contributed by atoms with van der Waals surface area (Å²) in [5.41, 5.74) is 0.957. The van der Waals surface area contributed by atoms with E-state index >= 15 is 0 Å². The Bertz CT molecular complexity index is 1110. The molecule has 4 aromatic rings. The highest BCUT2D eigenvalue weighted by atomic mass is 19.2. The van der Waals surface area contributed by atoms with Crippen molar-refractivity contribution in [3.05, 3.63) is 64.1 Å². The number of aromatic amines is 2. The number of imidazole rings is 1. The minimum absolute atomic E-state index is 0.118. The fourth-order valence-electron chi connectivity index (χ4n) is 2.67. The molecule has 23 heavy (non-hydrogen) atoms. The van der Waals surface area contributed by atoms with Gasteiger partial charge in [0.15, 0.2) is 11.6 Å². The van der Waals surface area contributed by atoms with Gasteiger partial charge in [-0.05, 0) is 12.1 Å². The lowest BCUT2D eigenvalue weighted by Crippen LogP contribution is -2.18. The molecule has 0 saturated heterocycles. The minimum atomic E-state index is -1.27. The Labute approximate surface area is 126 Å². The van der Waals surface area contributed by atoms with Crippen LogP contribution in [0, 0.1) is 17.5 Å². The van der Waals surface area contributed by atoms with Gasteiger partial charge in [-0.1, -0.05) is 0 Å². The minimum Gasteiger partial charge on any atom is -0.346 e. The predicted octanol–water partition coefficient (Wildman–Crippen LogP) is 2.67. The molecule has 0 saturated carbocycles. The maximum absolute atomic E-state index is 13.9. The Kier molecular flexibility index (Phi) is 2.80. The van der Waals surface area contributed by atoms with Crippen LogP contribution in [0.5, 0.6) is 0 Å². The van der Waals surface area contributed by atoms with E-state index in [1.807, 2.05) is 0 Å². The lowest BCUT2D eigenvalue weighted by Gasteiger charge is -2.06. The van der Waals surface area contributed by atoms with Crippen LogP contribution in [0.15, 0.2) is 35.4 Å². The third-order valence-electron chi connectivity index (χ3n) is 3.73. The second kappa shape index (κ2) is 4.73. The topological polar surface area (TPSA) is 66.5 Å². The number of hydrogen-bond acceptors (Lipinski definition) is 2. The molecule has 1 aromatic carbocycles. The number of pyridine rings is 1. The predicted molar refractivity (Wildman–Crippen MR) is 77.6 cm³/mol. The van der Waals surface area contributed by atoms with Crippen LogP contribution in [-0.2, 0) is 6.54 Å². The normalized spacial score (nSPS) is 11.6. The largest absolute Gasteiger partial charge is 0.346 e. The molecule has 4 rings (SSSR count). The molecule has 3 aromatic heterocycles. The molecule has 0 radical (unpaired) electrons. The van der Waals surface area contributed by atoms with Crippen molar-refractivity contribution >= 4 is 22.1 Å². The lowest BCUT2D eigenvalue weighted by atomic mass is 10.2. The van der Waals surface area contributed by atoms with Crippen molar-refractivity contribution in [1.29, 1.82) is 0 Å². The van der Waals surface area contributed by atoms with Crippen molar-refractivity contribution in [2.75, 3.05) is 0 Å². The van der Waals surface area contributed by atoms with Crippen molar-refractivity contribution in [3.63, 3.8) is 0 Å². The number of fused-ring (bicyclic) bond motifs is 3. The zero-order chi connectivity index (χ0) is 16.1. The van der Waals surface area contributed by atoms with Gasteiger partial charge in [0.05, 0.1) is 23.8 Å². The summed E-state index contributed by atoms with van der Waals surface area (Å²) >= 11 is 0. The number of benzene rings is 1. The summed E-state index contributed by atoms with van der Waals surface area (Å²) in [7, 11) is 0. The van der Waals surface area contributed by atoms with Crippen LogP contribution < -0.4 is 5.69 Å². The van der Waals surface area contributed by atoms with Crippen LogP contribution in [0.4, 0.5) is 13.2 Å². The molecular weight excluding hydrogens is 309 g/mol. The van der Waals surface area contributed by atoms with E-state index in [-0.39, 0.29) is 12.1 Å². The Balaban J connectivity index is 1.96. The first-order chi connectivity index (χ1) is 11.0. The fourth-order valence-corrected chi connectivity index (χ4v) is 2.67. The molecule has 5 nitrogen and oxygen atoms in total. The van der Waals surface area contributed by atoms with Gasteiger partial charge in [-0.15, -0.1) is 0 Å². The molecule has 0 bridgehead atoms. The van der Waals surface area contributed by atoms with E-state index in [9.17, 15) is 18.0 Å². The van der Waals surface area contributed by atoms with E-state index in [1.165, 1.54) is 10.8 Å². The van der Waals surface area contributed by atoms with E-state index in [4.69, 9.17) is 0 Å². The van der Waals surface area contributed by atoms with Gasteiger partial charge in [-0.2, -0.15) is 0 Å². The van der Waals surface area contributed by atoms with Gasteiger partial charge in [-0.25, -0.2) is 22.9 Å². The van der Waals surface area contributed by atoms with Gasteiger partial charge in [0.2, 0.25) is 0 Å². The summed E-state index contributed by atoms with van der Waals surface area (Å²) in [6.45, 7) is -0.230. The van der Waals surface area contributed by atoms with Crippen molar-refractivity contribution < 1.29 is 13.2 Å². The van der Waals surface area contributed by atoms with E-state index < -0.39 is 23.1 Å². The third-order valence-corrected chi connectivity index (χ3v) is 3.73. The molecule has 0 fully saturated rings. The first-order valence-electron chi connectivity index (χ1n) is 6.72. The number of halogens is 3. The second-order valence-electron chi connectivity index (χ2n) is 5.13. The number of hydrogen-bond donors (Lipinski definition) is 2. The molecule has 3 heterocycles. The van der Waals surface area contributed by atoms with Gasteiger partial charge < -0.3 is 9.97 Å². The van der Waals surface area contributed by atoms with Crippen LogP contribution in [0.1, 0.15) is 5.56 Å². The van der Waals surface area contributed by atoms with Crippen molar-refractivity contribution in [1.82, 2.24) is 19.5 Å². The second-order valence-corrected chi connectivity index (χ2v) is 5.13. The molecule has 0 amide bonds. The molecule has 8 heteroatoms. The number of H-pyrrole nitrogens is 2. The van der Waals surface area contributed by atoms with Gasteiger partial charge in [0, 0.05) is 23.2 Å². The molecule has 0 unspecified atom stereocenters. The van der Waals surface area contributed by atoms with Gasteiger partial charge >= 0.3 is 5.69 Å². The van der Waals surface area contributed by atoms with Crippen LogP contribution in [0.25, 0.3) is 22.1 Å². The Morgan fingerprint density at radius 2 is 1.91 bits per heavy atom. The fraction of sp³-hybridized carbons (Fsp3) is 0.0667. The van der Waals surface area contributed by atoms with Crippen molar-refractivity contribution in [2.45, 2.75) is 6.54 Å². The summed E-state index contributed by atoms with van der Waals surface area (Å²) in [5, 5.41) is 0.670. The van der Waals surface area contributed by atoms with Crippen LogP contribution in [0.3, 0.4) is 0 Å². The standard InChI is InChI=1S/C15H9F3N4O/c16-9-4-11(18)10(17)3-7(9)6-22-13-8-1-2-19-14(8)20-5-12(13)21-15(22)23/h1-5H,6H2,(H,19,20)(H,21,23). The van der Waals surface area contributed by atoms with Gasteiger partial charge in [-0.3, -0.25) is 4.57 Å². The van der Waals surface area contributed by atoms with E-state index in [2.05, 4.69) is 15.0 Å². The zero-order valence-corrected chi connectivity index (χ0v) is 11.5. The highest BCUT2D eigenvalue weighted by Gasteiger charge is 2.15. The lowest BCUT2D eigenvalue weighted by molar-refractivity contribution is 0.488. The number of rotatable bonds is 2. The highest BCUT2D eigenvalue weighted by Crippen LogP contribution is 2.22. The number of nitrogens with one attached hydrogen (secondary N) is 2. The first kappa shape index (κ1) is 13.6. The average Bonchev–Trinajstić information content (AvgIpc) is 3.09. The molecule has 2 N–H and O–H groups in total. The first-order valence-corrected chi connectivity index (χ1v) is 6.72. The zero-order valence-electron chi connectivity index (χ0n) is 11.5. The molecule has 0 aliphatic rings. The molecule has 0 atom stereocenters. The Morgan fingerprint density at radius 3 is 2.74 bits per heavy atom. The SMILES string of the molecule is O=c1[nH]c2cnc3[nH]ccc3c2n1Cc1cc(F)c(F)cc1F. The van der Waals surface area contributed by atoms with Crippen molar-refractivity contribution in [3.8, 4) is 0 Å². The molecule has 116 valence electrons. The maximum Gasteiger partial charge on any atom is 0.326 e. The van der Waals surface area contributed by atoms with E-state index in [1.54, 1.807) is 12.3 Å². The summed E-state index contributed by atoms with van der Waals surface area (Å²) in [6, 6.07) is 2.96. The number of aromatic nitrogens is 4. The van der Waals surface area contributed by atoms with Gasteiger partial charge in [0.25, 0.3) is 0 Å². The van der Waals surface area contributed by atoms with Crippen LogP contribution >= 0.6 is 0 Å². The Hall–Kier alpha value is -3.03. The third kappa shape index (κ3) is 2.02. The number of nitrogens with zero attached hydrogens (tertiary/aromatic N) is 2. The van der Waals surface area contributed by atoms with E-state index in [0.29, 0.717) is 28.1 Å². The molecular formula is C15H9F3N4O. The quantitative estimate of drug-likeness (QED) is 0.558. The summed E-state index contributed by atoms with van der Waals surface area (Å²) in [4.78, 5) is 21.8. The van der Waals surface area contributed by atoms with E-state index in [0.717, 1.165) is 6.07 Å². The summed E-state index contributed by atoms with van der Waals surface area (Å²) < 4.78 is 41.5. The summed E-state index contributed by atoms with van der Waals surface area (Å²) in [5.74, 6) is -3.35. The molecule has 0 spiro atoms. The summed E-state index contributed by atoms with van der Waals surface area (Å²) in [6.07, 6.45) is 3.14.